The minimum absolute atomic E-state index is 0.0803. The van der Waals surface area contributed by atoms with Crippen molar-refractivity contribution in [2.45, 2.75) is 13.8 Å². The maximum Gasteiger partial charge on any atom is 0.142 e. The molecule has 0 aliphatic carbocycles. The summed E-state index contributed by atoms with van der Waals surface area (Å²) < 4.78 is 0. The first-order valence-corrected chi connectivity index (χ1v) is 6.04. The number of hydrogen-bond acceptors (Lipinski definition) is 4. The number of hydrogen-bond donors (Lipinski definition) is 4. The van der Waals surface area contributed by atoms with Crippen LogP contribution >= 0.6 is 0 Å². The van der Waals surface area contributed by atoms with Gasteiger partial charge in [-0.2, -0.15) is 0 Å². The molecule has 0 unspecified atom stereocenters. The largest absolute Gasteiger partial charge is 0.382 e. The Morgan fingerprint density at radius 2 is 1.15 bits per heavy atom. The van der Waals surface area contributed by atoms with E-state index in [9.17, 15) is 0 Å². The number of pyridine rings is 2. The van der Waals surface area contributed by atoms with Crippen LogP contribution in [0.15, 0.2) is 24.3 Å². The number of nitrogens with zero attached hydrogens (tertiary/aromatic N) is 2. The number of amidine groups is 2. The fourth-order valence-electron chi connectivity index (χ4n) is 1.89. The summed E-state index contributed by atoms with van der Waals surface area (Å²) in [5.41, 5.74) is 14.8. The highest BCUT2D eigenvalue weighted by Gasteiger charge is 2.10. The van der Waals surface area contributed by atoms with Gasteiger partial charge in [0.05, 0.1) is 11.4 Å². The molecule has 102 valence electrons. The van der Waals surface area contributed by atoms with E-state index in [1.54, 1.807) is 0 Å². The first kappa shape index (κ1) is 13.7. The molecule has 0 saturated carbocycles. The average molecular weight is 268 g/mol. The molecular formula is C14H16N6. The van der Waals surface area contributed by atoms with E-state index >= 15 is 0 Å². The molecule has 0 saturated heterocycles. The number of aromatic nitrogens is 2. The Bertz CT molecular complexity index is 643. The zero-order valence-corrected chi connectivity index (χ0v) is 11.4. The van der Waals surface area contributed by atoms with Crippen molar-refractivity contribution in [2.75, 3.05) is 0 Å². The lowest BCUT2D eigenvalue weighted by Crippen LogP contribution is -2.16. The van der Waals surface area contributed by atoms with Gasteiger partial charge in [0.2, 0.25) is 0 Å². The maximum absolute atomic E-state index is 7.52. The molecule has 6 nitrogen and oxygen atoms in total. The van der Waals surface area contributed by atoms with Crippen LogP contribution in [-0.4, -0.2) is 21.6 Å². The van der Waals surface area contributed by atoms with Crippen LogP contribution in [0.2, 0.25) is 0 Å². The summed E-state index contributed by atoms with van der Waals surface area (Å²) >= 11 is 0. The molecule has 20 heavy (non-hydrogen) atoms. The maximum atomic E-state index is 7.52. The van der Waals surface area contributed by atoms with Crippen LogP contribution in [0.1, 0.15) is 22.5 Å². The summed E-state index contributed by atoms with van der Waals surface area (Å²) in [6.45, 7) is 3.69. The first-order chi connectivity index (χ1) is 9.40. The summed E-state index contributed by atoms with van der Waals surface area (Å²) in [6.07, 6.45) is 0. The molecule has 0 bridgehead atoms. The van der Waals surface area contributed by atoms with E-state index in [1.165, 1.54) is 0 Å². The van der Waals surface area contributed by atoms with Crippen LogP contribution < -0.4 is 11.5 Å². The third-order valence-electron chi connectivity index (χ3n) is 2.97. The molecular weight excluding hydrogens is 252 g/mol. The van der Waals surface area contributed by atoms with Gasteiger partial charge in [-0.1, -0.05) is 12.1 Å². The van der Waals surface area contributed by atoms with E-state index in [-0.39, 0.29) is 11.7 Å². The molecule has 0 amide bonds. The van der Waals surface area contributed by atoms with Gasteiger partial charge in [-0.15, -0.1) is 0 Å². The van der Waals surface area contributed by atoms with Crippen molar-refractivity contribution in [1.29, 1.82) is 10.8 Å². The second kappa shape index (κ2) is 5.08. The number of nitrogen functional groups attached to an aromatic ring is 2. The smallest absolute Gasteiger partial charge is 0.142 e. The predicted molar refractivity (Wildman–Crippen MR) is 79.0 cm³/mol. The fourth-order valence-corrected chi connectivity index (χ4v) is 1.89. The Labute approximate surface area is 116 Å². The topological polar surface area (TPSA) is 126 Å². The van der Waals surface area contributed by atoms with Crippen LogP contribution in [-0.2, 0) is 0 Å². The molecule has 2 aromatic rings. The van der Waals surface area contributed by atoms with E-state index in [4.69, 9.17) is 22.3 Å². The second-order valence-corrected chi connectivity index (χ2v) is 4.55. The van der Waals surface area contributed by atoms with Crippen molar-refractivity contribution >= 4 is 11.7 Å². The molecule has 6 heteroatoms. The Morgan fingerprint density at radius 1 is 0.800 bits per heavy atom. The molecule has 6 N–H and O–H groups in total. The van der Waals surface area contributed by atoms with Crippen LogP contribution in [0.4, 0.5) is 0 Å². The molecule has 0 aromatic carbocycles. The monoisotopic (exact) mass is 268 g/mol. The zero-order chi connectivity index (χ0) is 14.9. The summed E-state index contributed by atoms with van der Waals surface area (Å²) in [4.78, 5) is 8.70. The lowest BCUT2D eigenvalue weighted by Gasteiger charge is -2.09. The molecule has 2 heterocycles. The van der Waals surface area contributed by atoms with Crippen LogP contribution in [0, 0.1) is 24.7 Å². The normalized spacial score (nSPS) is 10.3. The number of rotatable bonds is 3. The zero-order valence-electron chi connectivity index (χ0n) is 11.4. The van der Waals surface area contributed by atoms with Gasteiger partial charge in [0, 0.05) is 0 Å². The lowest BCUT2D eigenvalue weighted by molar-refractivity contribution is 1.16. The van der Waals surface area contributed by atoms with Crippen LogP contribution in [0.3, 0.4) is 0 Å². The predicted octanol–water partition coefficient (Wildman–Crippen LogP) is 1.33. The molecule has 0 atom stereocenters. The number of nitrogens with one attached hydrogen (secondary N) is 2. The van der Waals surface area contributed by atoms with Crippen molar-refractivity contribution in [3.8, 4) is 11.4 Å². The minimum atomic E-state index is -0.0803. The third kappa shape index (κ3) is 2.49. The van der Waals surface area contributed by atoms with Crippen molar-refractivity contribution < 1.29 is 0 Å². The molecule has 0 fully saturated rings. The van der Waals surface area contributed by atoms with Gasteiger partial charge in [0.1, 0.15) is 23.1 Å². The summed E-state index contributed by atoms with van der Waals surface area (Å²) in [6, 6.07) is 7.30. The summed E-state index contributed by atoms with van der Waals surface area (Å²) in [5, 5.41) is 15.0. The highest BCUT2D eigenvalue weighted by atomic mass is 14.9. The van der Waals surface area contributed by atoms with E-state index in [2.05, 4.69) is 9.97 Å². The van der Waals surface area contributed by atoms with Crippen molar-refractivity contribution in [3.05, 3.63) is 46.8 Å². The standard InChI is InChI=1S/C14H16N6/c1-7-3-5-9(19-11(7)13(15)16)10-6-4-8(2)12(20-10)14(17)18/h3-6H,1-2H3,(H3,15,16)(H3,17,18). The summed E-state index contributed by atoms with van der Waals surface area (Å²) in [7, 11) is 0. The molecule has 0 radical (unpaired) electrons. The van der Waals surface area contributed by atoms with Gasteiger partial charge >= 0.3 is 0 Å². The first-order valence-electron chi connectivity index (χ1n) is 6.04. The van der Waals surface area contributed by atoms with Crippen molar-refractivity contribution in [2.24, 2.45) is 11.5 Å². The van der Waals surface area contributed by atoms with E-state index in [0.29, 0.717) is 22.8 Å². The van der Waals surface area contributed by atoms with E-state index < -0.39 is 0 Å². The Balaban J connectivity index is 2.57. The third-order valence-corrected chi connectivity index (χ3v) is 2.97. The Kier molecular flexibility index (Phi) is 3.47. The van der Waals surface area contributed by atoms with Crippen LogP contribution in [0.25, 0.3) is 11.4 Å². The SMILES string of the molecule is Cc1ccc(-c2ccc(C)c(C(=N)N)n2)nc1C(=N)N. The second-order valence-electron chi connectivity index (χ2n) is 4.55. The number of aryl methyl sites for hydroxylation is 2. The highest BCUT2D eigenvalue weighted by molar-refractivity contribution is 5.96. The van der Waals surface area contributed by atoms with Gasteiger partial charge in [-0.3, -0.25) is 10.8 Å². The Hall–Kier alpha value is -2.76. The van der Waals surface area contributed by atoms with Crippen molar-refractivity contribution in [3.63, 3.8) is 0 Å². The van der Waals surface area contributed by atoms with Gasteiger partial charge in [-0.25, -0.2) is 9.97 Å². The molecule has 0 aliphatic heterocycles. The van der Waals surface area contributed by atoms with Gasteiger partial charge in [-0.05, 0) is 37.1 Å². The van der Waals surface area contributed by atoms with Gasteiger partial charge in [0.15, 0.2) is 0 Å². The molecule has 0 aliphatic rings. The van der Waals surface area contributed by atoms with Gasteiger partial charge in [0.25, 0.3) is 0 Å². The number of nitrogens with two attached hydrogens (primary N) is 2. The van der Waals surface area contributed by atoms with Crippen molar-refractivity contribution in [1.82, 2.24) is 9.97 Å². The molecule has 2 rings (SSSR count). The molecule has 0 spiro atoms. The van der Waals surface area contributed by atoms with E-state index in [0.717, 1.165) is 11.1 Å². The summed E-state index contributed by atoms with van der Waals surface area (Å²) in [5.74, 6) is -0.161. The van der Waals surface area contributed by atoms with E-state index in [1.807, 2.05) is 38.1 Å². The quantitative estimate of drug-likeness (QED) is 0.494. The van der Waals surface area contributed by atoms with Crippen LogP contribution in [0.5, 0.6) is 0 Å². The molecule has 2 aromatic heterocycles. The lowest BCUT2D eigenvalue weighted by atomic mass is 10.1. The fraction of sp³-hybridized carbons (Fsp3) is 0.143. The minimum Gasteiger partial charge on any atom is -0.382 e. The average Bonchev–Trinajstić information content (AvgIpc) is 2.39. The van der Waals surface area contributed by atoms with Gasteiger partial charge < -0.3 is 11.5 Å². The Morgan fingerprint density at radius 3 is 1.45 bits per heavy atom. The highest BCUT2D eigenvalue weighted by Crippen LogP contribution is 2.18.